The molecular formula is C11H11N3O4. The molecule has 1 aromatic heterocycles. The van der Waals surface area contributed by atoms with Gasteiger partial charge in [-0.05, 0) is 19.1 Å². The number of carbonyl (C=O) groups excluding carboxylic acids is 1. The number of nitrogens with one attached hydrogen (secondary N) is 1. The number of aryl methyl sites for hydroxylation is 1. The molecule has 1 atom stereocenters. The van der Waals surface area contributed by atoms with Crippen LogP contribution in [0.25, 0.3) is 0 Å². The van der Waals surface area contributed by atoms with Crippen molar-refractivity contribution < 1.29 is 19.5 Å². The van der Waals surface area contributed by atoms with Gasteiger partial charge < -0.3 is 15.3 Å². The van der Waals surface area contributed by atoms with Gasteiger partial charge in [-0.3, -0.25) is 9.78 Å². The van der Waals surface area contributed by atoms with E-state index in [1.165, 1.54) is 0 Å². The monoisotopic (exact) mass is 249 g/mol. The van der Waals surface area contributed by atoms with E-state index in [4.69, 9.17) is 9.94 Å². The van der Waals surface area contributed by atoms with Crippen LogP contribution in [0.15, 0.2) is 23.5 Å². The number of anilines is 1. The first kappa shape index (κ1) is 12.0. The largest absolute Gasteiger partial charge is 0.477 e. The molecule has 2 heterocycles. The number of hydrogen-bond donors (Lipinski definition) is 2. The number of aromatic nitrogens is 1. The summed E-state index contributed by atoms with van der Waals surface area (Å²) in [6, 6.07) is 3.34. The standard InChI is InChI=1S/C11H11N3O4/c1-6-4-7(2-3-12-6)13-10(15)9-5-8(11(16)17)14-18-9/h2-4,9H,5H2,1H3,(H,16,17)(H,12,13,15). The molecule has 0 radical (unpaired) electrons. The predicted octanol–water partition coefficient (Wildman–Crippen LogP) is 0.558. The smallest absolute Gasteiger partial charge is 0.353 e. The molecule has 0 fully saturated rings. The minimum Gasteiger partial charge on any atom is -0.477 e. The van der Waals surface area contributed by atoms with Crippen molar-refractivity contribution >= 4 is 23.3 Å². The summed E-state index contributed by atoms with van der Waals surface area (Å²) in [7, 11) is 0. The van der Waals surface area contributed by atoms with Crippen LogP contribution in [0.4, 0.5) is 5.69 Å². The lowest BCUT2D eigenvalue weighted by molar-refractivity contribution is -0.129. The molecule has 94 valence electrons. The molecule has 2 rings (SSSR count). The average Bonchev–Trinajstić information content (AvgIpc) is 2.78. The fourth-order valence-corrected chi connectivity index (χ4v) is 1.49. The van der Waals surface area contributed by atoms with Gasteiger partial charge >= 0.3 is 5.97 Å². The van der Waals surface area contributed by atoms with Gasteiger partial charge in [0.25, 0.3) is 5.91 Å². The summed E-state index contributed by atoms with van der Waals surface area (Å²) in [4.78, 5) is 31.2. The lowest BCUT2D eigenvalue weighted by Crippen LogP contribution is -2.28. The van der Waals surface area contributed by atoms with Crippen molar-refractivity contribution in [2.45, 2.75) is 19.4 Å². The van der Waals surface area contributed by atoms with Crippen molar-refractivity contribution in [3.63, 3.8) is 0 Å². The van der Waals surface area contributed by atoms with Gasteiger partial charge in [0.1, 0.15) is 0 Å². The molecule has 1 aliphatic heterocycles. The third kappa shape index (κ3) is 2.62. The molecule has 2 N–H and O–H groups in total. The lowest BCUT2D eigenvalue weighted by Gasteiger charge is -2.09. The molecule has 1 aliphatic rings. The molecule has 0 bridgehead atoms. The number of nitrogens with zero attached hydrogens (tertiary/aromatic N) is 2. The maximum atomic E-state index is 11.8. The van der Waals surface area contributed by atoms with Crippen LogP contribution in [0.2, 0.25) is 0 Å². The normalized spacial score (nSPS) is 17.8. The van der Waals surface area contributed by atoms with E-state index in [-0.39, 0.29) is 12.1 Å². The van der Waals surface area contributed by atoms with E-state index in [0.717, 1.165) is 5.69 Å². The van der Waals surface area contributed by atoms with Crippen LogP contribution in [-0.4, -0.2) is 33.8 Å². The molecule has 0 aromatic carbocycles. The quantitative estimate of drug-likeness (QED) is 0.815. The number of aliphatic carboxylic acids is 1. The van der Waals surface area contributed by atoms with Crippen molar-refractivity contribution in [1.29, 1.82) is 0 Å². The number of pyridine rings is 1. The van der Waals surface area contributed by atoms with E-state index in [1.54, 1.807) is 25.3 Å². The van der Waals surface area contributed by atoms with Gasteiger partial charge in [-0.2, -0.15) is 0 Å². The Kier molecular flexibility index (Phi) is 3.22. The highest BCUT2D eigenvalue weighted by Crippen LogP contribution is 2.14. The van der Waals surface area contributed by atoms with Gasteiger partial charge in [-0.15, -0.1) is 0 Å². The van der Waals surface area contributed by atoms with Crippen LogP contribution in [-0.2, 0) is 14.4 Å². The molecular weight excluding hydrogens is 238 g/mol. The third-order valence-corrected chi connectivity index (χ3v) is 2.37. The number of carboxylic acids is 1. The summed E-state index contributed by atoms with van der Waals surface area (Å²) in [6.45, 7) is 1.80. The molecule has 18 heavy (non-hydrogen) atoms. The van der Waals surface area contributed by atoms with Crippen molar-refractivity contribution in [3.8, 4) is 0 Å². The van der Waals surface area contributed by atoms with E-state index in [1.807, 2.05) is 0 Å². The first-order valence-electron chi connectivity index (χ1n) is 5.26. The summed E-state index contributed by atoms with van der Waals surface area (Å²) in [5.41, 5.74) is 1.20. The van der Waals surface area contributed by atoms with Gasteiger partial charge in [-0.1, -0.05) is 5.16 Å². The maximum Gasteiger partial charge on any atom is 0.353 e. The van der Waals surface area contributed by atoms with Crippen molar-refractivity contribution in [2.24, 2.45) is 5.16 Å². The predicted molar refractivity (Wildman–Crippen MR) is 62.2 cm³/mol. The highest BCUT2D eigenvalue weighted by Gasteiger charge is 2.31. The number of hydrogen-bond acceptors (Lipinski definition) is 5. The second-order valence-corrected chi connectivity index (χ2v) is 3.82. The molecule has 1 amide bonds. The second kappa shape index (κ2) is 4.82. The van der Waals surface area contributed by atoms with Crippen molar-refractivity contribution in [2.75, 3.05) is 5.32 Å². The zero-order valence-corrected chi connectivity index (χ0v) is 9.58. The first-order chi connectivity index (χ1) is 8.56. The zero-order valence-electron chi connectivity index (χ0n) is 9.58. The van der Waals surface area contributed by atoms with Gasteiger partial charge in [0.2, 0.25) is 6.10 Å². The van der Waals surface area contributed by atoms with E-state index >= 15 is 0 Å². The topological polar surface area (TPSA) is 101 Å². The first-order valence-corrected chi connectivity index (χ1v) is 5.26. The highest BCUT2D eigenvalue weighted by molar-refractivity contribution is 6.36. The highest BCUT2D eigenvalue weighted by atomic mass is 16.6. The Morgan fingerprint density at radius 3 is 2.94 bits per heavy atom. The summed E-state index contributed by atoms with van der Waals surface area (Å²) in [5, 5.41) is 14.6. The Hall–Kier alpha value is -2.44. The summed E-state index contributed by atoms with van der Waals surface area (Å²) in [5.74, 6) is -1.61. The average molecular weight is 249 g/mol. The van der Waals surface area contributed by atoms with Crippen LogP contribution in [0.1, 0.15) is 12.1 Å². The number of oxime groups is 1. The fourth-order valence-electron chi connectivity index (χ4n) is 1.49. The van der Waals surface area contributed by atoms with Crippen molar-refractivity contribution in [3.05, 3.63) is 24.0 Å². The second-order valence-electron chi connectivity index (χ2n) is 3.82. The number of rotatable bonds is 3. The van der Waals surface area contributed by atoms with Crippen LogP contribution in [0.5, 0.6) is 0 Å². The van der Waals surface area contributed by atoms with Gasteiger partial charge in [0.05, 0.1) is 0 Å². The number of amides is 1. The Morgan fingerprint density at radius 2 is 2.33 bits per heavy atom. The van der Waals surface area contributed by atoms with Crippen LogP contribution < -0.4 is 5.32 Å². The Morgan fingerprint density at radius 1 is 1.56 bits per heavy atom. The van der Waals surface area contributed by atoms with Gasteiger partial charge in [0, 0.05) is 24.0 Å². The SMILES string of the molecule is Cc1cc(NC(=O)C2CC(C(=O)O)=NO2)ccn1. The molecule has 1 unspecified atom stereocenters. The number of carboxylic acid groups (broad SMARTS) is 1. The molecule has 0 spiro atoms. The van der Waals surface area contributed by atoms with E-state index in [0.29, 0.717) is 5.69 Å². The molecule has 7 heteroatoms. The lowest BCUT2D eigenvalue weighted by atomic mass is 10.1. The number of carbonyl (C=O) groups is 2. The van der Waals surface area contributed by atoms with Gasteiger partial charge in [0.15, 0.2) is 5.71 Å². The molecule has 1 aromatic rings. The van der Waals surface area contributed by atoms with E-state index in [2.05, 4.69) is 15.5 Å². The van der Waals surface area contributed by atoms with Crippen LogP contribution in [0.3, 0.4) is 0 Å². The van der Waals surface area contributed by atoms with E-state index < -0.39 is 18.0 Å². The summed E-state index contributed by atoms with van der Waals surface area (Å²) >= 11 is 0. The maximum absolute atomic E-state index is 11.8. The minimum atomic E-state index is -1.18. The van der Waals surface area contributed by atoms with Crippen molar-refractivity contribution in [1.82, 2.24) is 4.98 Å². The molecule has 0 saturated heterocycles. The van der Waals surface area contributed by atoms with E-state index in [9.17, 15) is 9.59 Å². The summed E-state index contributed by atoms with van der Waals surface area (Å²) in [6.07, 6.45) is 0.634. The van der Waals surface area contributed by atoms with Gasteiger partial charge in [-0.25, -0.2) is 4.79 Å². The molecule has 0 saturated carbocycles. The third-order valence-electron chi connectivity index (χ3n) is 2.37. The van der Waals surface area contributed by atoms with Crippen LogP contribution in [0, 0.1) is 6.92 Å². The molecule has 0 aliphatic carbocycles. The summed E-state index contributed by atoms with van der Waals surface area (Å²) < 4.78 is 0. The minimum absolute atomic E-state index is 0.0365. The fraction of sp³-hybridized carbons (Fsp3) is 0.273. The van der Waals surface area contributed by atoms with Crippen LogP contribution >= 0.6 is 0 Å². The Labute approximate surface area is 102 Å². The molecule has 7 nitrogen and oxygen atoms in total. The Balaban J connectivity index is 1.96. The zero-order chi connectivity index (χ0) is 13.1. The Bertz CT molecular complexity index is 527.